The first kappa shape index (κ1) is 22.3. The van der Waals surface area contributed by atoms with E-state index in [1.807, 2.05) is 0 Å². The number of hydrogen-bond donors (Lipinski definition) is 1. The number of carbonyl (C=O) groups is 1. The summed E-state index contributed by atoms with van der Waals surface area (Å²) in [6.45, 7) is 2.51. The number of rotatable bonds is 4. The fourth-order valence-corrected chi connectivity index (χ4v) is 3.32. The highest BCUT2D eigenvalue weighted by Gasteiger charge is 2.32. The predicted octanol–water partition coefficient (Wildman–Crippen LogP) is 1.37. The Morgan fingerprint density at radius 1 is 1.28 bits per heavy atom. The number of halogens is 4. The molecule has 146 valence electrons. The molecule has 2 rings (SSSR count). The molecule has 2 heterocycles. The second-order valence-corrected chi connectivity index (χ2v) is 6.40. The van der Waals surface area contributed by atoms with Gasteiger partial charge in [-0.05, 0) is 32.4 Å². The Morgan fingerprint density at radius 3 is 2.48 bits per heavy atom. The second-order valence-electron chi connectivity index (χ2n) is 6.40. The van der Waals surface area contributed by atoms with Crippen LogP contribution in [0.2, 0.25) is 0 Å². The highest BCUT2D eigenvalue weighted by Crippen LogP contribution is 2.20. The van der Waals surface area contributed by atoms with Gasteiger partial charge in [-0.25, -0.2) is 0 Å². The SMILES string of the molecule is CN=C(NCC(=O)N(C)CC(F)(F)F)N1CCC(N2CCCC2)C1.I. The molecule has 0 spiro atoms. The molecule has 2 fully saturated rings. The lowest BCUT2D eigenvalue weighted by atomic mass is 10.2. The van der Waals surface area contributed by atoms with Crippen LogP contribution < -0.4 is 5.32 Å². The standard InChI is InChI=1S/C15H26F3N5O.HI/c1-19-14(20-9-13(24)21(2)11-15(16,17)18)23-8-5-12(10-23)22-6-3-4-7-22;/h12H,3-11H2,1-2H3,(H,19,20);1H. The van der Waals surface area contributed by atoms with Crippen LogP contribution in [-0.2, 0) is 4.79 Å². The van der Waals surface area contributed by atoms with E-state index in [0.717, 1.165) is 39.6 Å². The molecule has 6 nitrogen and oxygen atoms in total. The van der Waals surface area contributed by atoms with Crippen LogP contribution in [0.25, 0.3) is 0 Å². The molecule has 2 aliphatic heterocycles. The van der Waals surface area contributed by atoms with E-state index in [2.05, 4.69) is 20.1 Å². The van der Waals surface area contributed by atoms with Crippen LogP contribution in [-0.4, -0.2) is 92.1 Å². The third-order valence-corrected chi connectivity index (χ3v) is 4.57. The molecule has 2 saturated heterocycles. The van der Waals surface area contributed by atoms with Crippen LogP contribution in [0.1, 0.15) is 19.3 Å². The molecule has 0 aromatic rings. The molecular weight excluding hydrogens is 450 g/mol. The van der Waals surface area contributed by atoms with Crippen molar-refractivity contribution in [3.63, 3.8) is 0 Å². The number of guanidine groups is 1. The van der Waals surface area contributed by atoms with Crippen molar-refractivity contribution >= 4 is 35.8 Å². The number of hydrogen-bond acceptors (Lipinski definition) is 3. The van der Waals surface area contributed by atoms with Gasteiger partial charge in [0.25, 0.3) is 0 Å². The normalized spacial score (nSPS) is 22.0. The van der Waals surface area contributed by atoms with Crippen molar-refractivity contribution in [2.75, 3.05) is 53.4 Å². The average Bonchev–Trinajstić information content (AvgIpc) is 3.16. The van der Waals surface area contributed by atoms with Crippen LogP contribution in [0.3, 0.4) is 0 Å². The zero-order valence-electron chi connectivity index (χ0n) is 14.7. The largest absolute Gasteiger partial charge is 0.406 e. The number of aliphatic imine (C=N–C) groups is 1. The Kier molecular flexibility index (Phi) is 8.72. The average molecular weight is 477 g/mol. The zero-order chi connectivity index (χ0) is 17.7. The summed E-state index contributed by atoms with van der Waals surface area (Å²) in [6.07, 6.45) is -0.861. The van der Waals surface area contributed by atoms with E-state index < -0.39 is 18.6 Å². The Labute approximate surface area is 163 Å². The van der Waals surface area contributed by atoms with Gasteiger partial charge in [-0.3, -0.25) is 14.7 Å². The predicted molar refractivity (Wildman–Crippen MR) is 101 cm³/mol. The van der Waals surface area contributed by atoms with Gasteiger partial charge in [0.15, 0.2) is 5.96 Å². The maximum Gasteiger partial charge on any atom is 0.406 e. The van der Waals surface area contributed by atoms with Crippen molar-refractivity contribution in [3.8, 4) is 0 Å². The van der Waals surface area contributed by atoms with Crippen molar-refractivity contribution in [1.29, 1.82) is 0 Å². The first-order valence-corrected chi connectivity index (χ1v) is 8.30. The van der Waals surface area contributed by atoms with E-state index in [4.69, 9.17) is 0 Å². The summed E-state index contributed by atoms with van der Waals surface area (Å²) in [5, 5.41) is 2.89. The zero-order valence-corrected chi connectivity index (χ0v) is 17.0. The number of nitrogens with zero attached hydrogens (tertiary/aromatic N) is 4. The maximum atomic E-state index is 12.3. The summed E-state index contributed by atoms with van der Waals surface area (Å²) < 4.78 is 37.0. The van der Waals surface area contributed by atoms with Gasteiger partial charge in [0, 0.05) is 33.2 Å². The molecular formula is C15H27F3IN5O. The summed E-state index contributed by atoms with van der Waals surface area (Å²) in [4.78, 5) is 21.2. The van der Waals surface area contributed by atoms with Crippen LogP contribution in [0, 0.1) is 0 Å². The Bertz CT molecular complexity index is 469. The number of likely N-dealkylation sites (tertiary alicyclic amines) is 2. The van der Waals surface area contributed by atoms with Crippen LogP contribution in [0.4, 0.5) is 13.2 Å². The summed E-state index contributed by atoms with van der Waals surface area (Å²) in [5.74, 6) is -0.0331. The lowest BCUT2D eigenvalue weighted by molar-refractivity contribution is -0.157. The number of likely N-dealkylation sites (N-methyl/N-ethyl adjacent to an activating group) is 1. The van der Waals surface area contributed by atoms with Gasteiger partial charge >= 0.3 is 6.18 Å². The summed E-state index contributed by atoms with van der Waals surface area (Å²) in [7, 11) is 2.77. The molecule has 2 aliphatic rings. The third kappa shape index (κ3) is 6.80. The van der Waals surface area contributed by atoms with E-state index in [-0.39, 0.29) is 30.5 Å². The van der Waals surface area contributed by atoms with Gasteiger partial charge in [-0.2, -0.15) is 13.2 Å². The number of amides is 1. The van der Waals surface area contributed by atoms with Gasteiger partial charge in [0.1, 0.15) is 6.54 Å². The lowest BCUT2D eigenvalue weighted by Gasteiger charge is -2.26. The van der Waals surface area contributed by atoms with Crippen LogP contribution >= 0.6 is 24.0 Å². The minimum absolute atomic E-state index is 0. The van der Waals surface area contributed by atoms with E-state index in [0.29, 0.717) is 16.9 Å². The third-order valence-electron chi connectivity index (χ3n) is 4.57. The highest BCUT2D eigenvalue weighted by atomic mass is 127. The first-order valence-electron chi connectivity index (χ1n) is 8.30. The Hall–Kier alpha value is -0.780. The van der Waals surface area contributed by atoms with Crippen molar-refractivity contribution in [2.24, 2.45) is 4.99 Å². The lowest BCUT2D eigenvalue weighted by Crippen LogP contribution is -2.47. The molecule has 0 saturated carbocycles. The second kappa shape index (κ2) is 9.79. The molecule has 1 atom stereocenters. The fourth-order valence-electron chi connectivity index (χ4n) is 3.32. The maximum absolute atomic E-state index is 12.3. The minimum atomic E-state index is -4.38. The van der Waals surface area contributed by atoms with E-state index in [1.165, 1.54) is 12.8 Å². The molecule has 0 aromatic carbocycles. The van der Waals surface area contributed by atoms with Gasteiger partial charge in [0.2, 0.25) is 5.91 Å². The summed E-state index contributed by atoms with van der Waals surface area (Å²) in [6, 6.07) is 0.495. The van der Waals surface area contributed by atoms with Gasteiger partial charge in [-0.15, -0.1) is 24.0 Å². The molecule has 0 aliphatic carbocycles. The van der Waals surface area contributed by atoms with Gasteiger partial charge in [0.05, 0.1) is 6.54 Å². The molecule has 10 heteroatoms. The molecule has 0 bridgehead atoms. The van der Waals surface area contributed by atoms with E-state index >= 15 is 0 Å². The van der Waals surface area contributed by atoms with Gasteiger partial charge < -0.3 is 15.1 Å². The molecule has 1 amide bonds. The topological polar surface area (TPSA) is 51.2 Å². The Balaban J connectivity index is 0.00000312. The van der Waals surface area contributed by atoms with Gasteiger partial charge in [-0.1, -0.05) is 0 Å². The van der Waals surface area contributed by atoms with E-state index in [1.54, 1.807) is 7.05 Å². The van der Waals surface area contributed by atoms with E-state index in [9.17, 15) is 18.0 Å². The molecule has 0 aromatic heterocycles. The molecule has 1 unspecified atom stereocenters. The Morgan fingerprint density at radius 2 is 1.92 bits per heavy atom. The number of alkyl halides is 3. The molecule has 0 radical (unpaired) electrons. The smallest absolute Gasteiger partial charge is 0.347 e. The monoisotopic (exact) mass is 477 g/mol. The number of nitrogens with one attached hydrogen (secondary N) is 1. The van der Waals surface area contributed by atoms with Crippen molar-refractivity contribution in [3.05, 3.63) is 0 Å². The van der Waals surface area contributed by atoms with Crippen molar-refractivity contribution in [2.45, 2.75) is 31.5 Å². The summed E-state index contributed by atoms with van der Waals surface area (Å²) >= 11 is 0. The van der Waals surface area contributed by atoms with Crippen molar-refractivity contribution < 1.29 is 18.0 Å². The molecule has 1 N–H and O–H groups in total. The minimum Gasteiger partial charge on any atom is -0.347 e. The summed E-state index contributed by atoms with van der Waals surface area (Å²) in [5.41, 5.74) is 0. The van der Waals surface area contributed by atoms with Crippen LogP contribution in [0.5, 0.6) is 0 Å². The van der Waals surface area contributed by atoms with Crippen LogP contribution in [0.15, 0.2) is 4.99 Å². The molecule has 25 heavy (non-hydrogen) atoms. The van der Waals surface area contributed by atoms with Crippen molar-refractivity contribution in [1.82, 2.24) is 20.0 Å². The first-order chi connectivity index (χ1) is 11.3. The quantitative estimate of drug-likeness (QED) is 0.378. The highest BCUT2D eigenvalue weighted by molar-refractivity contribution is 14.0. The fraction of sp³-hybridized carbons (Fsp3) is 0.867. The number of carbonyl (C=O) groups excluding carboxylic acids is 1.